The first-order valence-electron chi connectivity index (χ1n) is 4.81. The summed E-state index contributed by atoms with van der Waals surface area (Å²) in [4.78, 5) is 22.2. The number of fused-ring (bicyclic) bond motifs is 1. The summed E-state index contributed by atoms with van der Waals surface area (Å²) in [7, 11) is 0. The predicted octanol–water partition coefficient (Wildman–Crippen LogP) is 2.01. The molecule has 0 spiro atoms. The van der Waals surface area contributed by atoms with E-state index in [1.54, 1.807) is 12.1 Å². The van der Waals surface area contributed by atoms with E-state index in [0.717, 1.165) is 16.3 Å². The van der Waals surface area contributed by atoms with Crippen LogP contribution in [0.25, 0.3) is 11.0 Å². The summed E-state index contributed by atoms with van der Waals surface area (Å²) < 4.78 is 9.91. The number of rotatable bonds is 2. The van der Waals surface area contributed by atoms with Gasteiger partial charge in [0.1, 0.15) is 11.3 Å². The van der Waals surface area contributed by atoms with Crippen molar-refractivity contribution >= 4 is 34.5 Å². The first kappa shape index (κ1) is 11.5. The van der Waals surface area contributed by atoms with Crippen molar-refractivity contribution in [2.24, 2.45) is 0 Å². The van der Waals surface area contributed by atoms with Crippen LogP contribution in [0.15, 0.2) is 33.5 Å². The predicted molar refractivity (Wildman–Crippen MR) is 66.5 cm³/mol. The highest BCUT2D eigenvalue weighted by atomic mass is 32.1. The summed E-state index contributed by atoms with van der Waals surface area (Å²) in [5.41, 5.74) is 0.752. The molecule has 17 heavy (non-hydrogen) atoms. The van der Waals surface area contributed by atoms with Gasteiger partial charge in [0, 0.05) is 17.5 Å². The van der Waals surface area contributed by atoms with Crippen LogP contribution in [0.4, 0.5) is 0 Å². The third-order valence-corrected chi connectivity index (χ3v) is 2.43. The van der Waals surface area contributed by atoms with Crippen molar-refractivity contribution in [2.75, 3.05) is 0 Å². The number of thiocarbonyl (C=S) groups is 1. The zero-order valence-corrected chi connectivity index (χ0v) is 9.74. The Balaban J connectivity index is 2.53. The quantitative estimate of drug-likeness (QED) is 0.352. The van der Waals surface area contributed by atoms with E-state index in [9.17, 15) is 9.59 Å². The molecule has 0 bridgehead atoms. The van der Waals surface area contributed by atoms with E-state index in [1.807, 2.05) is 6.92 Å². The minimum Gasteiger partial charge on any atom is -0.423 e. The van der Waals surface area contributed by atoms with Crippen LogP contribution < -0.4 is 10.4 Å². The maximum Gasteiger partial charge on any atom is 0.347 e. The first-order valence-corrected chi connectivity index (χ1v) is 5.29. The lowest BCUT2D eigenvalue weighted by molar-refractivity contribution is -0.126. The van der Waals surface area contributed by atoms with Crippen LogP contribution in [-0.2, 0) is 4.79 Å². The second kappa shape index (κ2) is 4.47. The number of aryl methyl sites for hydroxylation is 1. The van der Waals surface area contributed by atoms with Crippen molar-refractivity contribution in [3.05, 3.63) is 40.2 Å². The largest absolute Gasteiger partial charge is 0.423 e. The second-order valence-corrected chi connectivity index (χ2v) is 3.68. The third-order valence-electron chi connectivity index (χ3n) is 2.24. The fraction of sp³-hybridized carbons (Fsp3) is 0.0833. The molecule has 0 saturated heterocycles. The molecule has 5 heteroatoms. The molecular formula is C12H8O4S. The Morgan fingerprint density at radius 2 is 2.18 bits per heavy atom. The molecule has 0 fully saturated rings. The molecule has 1 aromatic carbocycles. The fourth-order valence-electron chi connectivity index (χ4n) is 1.51. The van der Waals surface area contributed by atoms with Gasteiger partial charge in [-0.25, -0.2) is 9.59 Å². The molecule has 0 aliphatic heterocycles. The average molecular weight is 248 g/mol. The molecule has 1 aromatic heterocycles. The van der Waals surface area contributed by atoms with E-state index >= 15 is 0 Å². The minimum absolute atomic E-state index is 0.289. The van der Waals surface area contributed by atoms with Gasteiger partial charge in [-0.1, -0.05) is 12.2 Å². The SMILES string of the molecule is Cc1cc(=O)oc2cc(OC(=O)C=S)ccc12. The number of esters is 1. The molecule has 0 saturated carbocycles. The molecular weight excluding hydrogens is 240 g/mol. The van der Waals surface area contributed by atoms with Crippen LogP contribution >= 0.6 is 12.2 Å². The number of carbonyl (C=O) groups is 1. The lowest BCUT2D eigenvalue weighted by Crippen LogP contribution is -2.07. The van der Waals surface area contributed by atoms with Crippen LogP contribution in [0, 0.1) is 6.92 Å². The Hall–Kier alpha value is -2.01. The third kappa shape index (κ3) is 2.39. The van der Waals surface area contributed by atoms with Gasteiger partial charge in [-0.2, -0.15) is 0 Å². The van der Waals surface area contributed by atoms with Crippen molar-refractivity contribution in [1.29, 1.82) is 0 Å². The number of ether oxygens (including phenoxy) is 1. The molecule has 0 unspecified atom stereocenters. The summed E-state index contributed by atoms with van der Waals surface area (Å²) in [5.74, 6) is -0.341. The molecule has 4 nitrogen and oxygen atoms in total. The van der Waals surface area contributed by atoms with Crippen molar-refractivity contribution in [3.63, 3.8) is 0 Å². The van der Waals surface area contributed by atoms with E-state index in [4.69, 9.17) is 9.15 Å². The molecule has 0 radical (unpaired) electrons. The van der Waals surface area contributed by atoms with Gasteiger partial charge < -0.3 is 9.15 Å². The van der Waals surface area contributed by atoms with Crippen molar-refractivity contribution in [3.8, 4) is 5.75 Å². The van der Waals surface area contributed by atoms with Gasteiger partial charge in [-0.3, -0.25) is 0 Å². The van der Waals surface area contributed by atoms with Crippen molar-refractivity contribution in [1.82, 2.24) is 0 Å². The zero-order chi connectivity index (χ0) is 12.4. The van der Waals surface area contributed by atoms with Crippen molar-refractivity contribution < 1.29 is 13.9 Å². The summed E-state index contributed by atoms with van der Waals surface area (Å²) in [6, 6.07) is 6.23. The number of carbonyl (C=O) groups excluding carboxylic acids is 1. The summed E-state index contributed by atoms with van der Waals surface area (Å²) in [6.07, 6.45) is 0. The molecule has 86 valence electrons. The molecule has 1 heterocycles. The van der Waals surface area contributed by atoms with Gasteiger partial charge in [0.2, 0.25) is 0 Å². The smallest absolute Gasteiger partial charge is 0.347 e. The maximum absolute atomic E-state index is 11.2. The Kier molecular flexibility index (Phi) is 3.01. The van der Waals surface area contributed by atoms with Gasteiger partial charge in [0.25, 0.3) is 0 Å². The normalized spacial score (nSPS) is 10.2. The van der Waals surface area contributed by atoms with E-state index in [2.05, 4.69) is 12.2 Å². The fourth-order valence-corrected chi connectivity index (χ4v) is 1.56. The highest BCUT2D eigenvalue weighted by molar-refractivity contribution is 7.80. The lowest BCUT2D eigenvalue weighted by atomic mass is 10.1. The van der Waals surface area contributed by atoms with Gasteiger partial charge >= 0.3 is 11.6 Å². The monoisotopic (exact) mass is 248 g/mol. The Bertz CT molecular complexity index is 657. The average Bonchev–Trinajstić information content (AvgIpc) is 2.28. The molecule has 2 aromatic rings. The standard InChI is InChI=1S/C12H8O4S/c1-7-4-11(13)16-10-5-8(2-3-9(7)10)15-12(14)6-17/h2-6H,1H3. The number of hydrogen-bond acceptors (Lipinski definition) is 5. The van der Waals surface area contributed by atoms with E-state index in [-0.39, 0.29) is 5.75 Å². The first-order chi connectivity index (χ1) is 8.10. The van der Waals surface area contributed by atoms with E-state index in [0.29, 0.717) is 5.58 Å². The summed E-state index contributed by atoms with van der Waals surface area (Å²) >= 11 is 4.44. The van der Waals surface area contributed by atoms with Crippen LogP contribution in [0.1, 0.15) is 5.56 Å². The molecule has 0 N–H and O–H groups in total. The van der Waals surface area contributed by atoms with Gasteiger partial charge in [0.05, 0.1) is 5.37 Å². The van der Waals surface area contributed by atoms with Gasteiger partial charge in [-0.15, -0.1) is 0 Å². The molecule has 0 atom stereocenters. The van der Waals surface area contributed by atoms with Crippen LogP contribution in [-0.4, -0.2) is 11.3 Å². The lowest BCUT2D eigenvalue weighted by Gasteiger charge is -2.03. The van der Waals surface area contributed by atoms with E-state index in [1.165, 1.54) is 12.1 Å². The van der Waals surface area contributed by atoms with Crippen LogP contribution in [0.3, 0.4) is 0 Å². The summed E-state index contributed by atoms with van der Waals surface area (Å²) in [6.45, 7) is 1.81. The second-order valence-electron chi connectivity index (χ2n) is 3.45. The van der Waals surface area contributed by atoms with Crippen LogP contribution in [0.2, 0.25) is 0 Å². The number of benzene rings is 1. The molecule has 0 amide bonds. The molecule has 0 aliphatic rings. The van der Waals surface area contributed by atoms with Crippen LogP contribution in [0.5, 0.6) is 5.75 Å². The Morgan fingerprint density at radius 1 is 1.41 bits per heavy atom. The molecule has 2 rings (SSSR count). The highest BCUT2D eigenvalue weighted by Crippen LogP contribution is 2.22. The highest BCUT2D eigenvalue weighted by Gasteiger charge is 2.06. The summed E-state index contributed by atoms with van der Waals surface area (Å²) in [5, 5.41) is 1.70. The Morgan fingerprint density at radius 3 is 2.88 bits per heavy atom. The van der Waals surface area contributed by atoms with E-state index < -0.39 is 11.6 Å². The number of hydrogen-bond donors (Lipinski definition) is 0. The van der Waals surface area contributed by atoms with Gasteiger partial charge in [-0.05, 0) is 24.6 Å². The Labute approximate surface area is 102 Å². The zero-order valence-electron chi connectivity index (χ0n) is 8.93. The maximum atomic E-state index is 11.2. The van der Waals surface area contributed by atoms with Crippen molar-refractivity contribution in [2.45, 2.75) is 6.92 Å². The van der Waals surface area contributed by atoms with Gasteiger partial charge in [0.15, 0.2) is 0 Å². The molecule has 0 aliphatic carbocycles. The topological polar surface area (TPSA) is 56.5 Å². The minimum atomic E-state index is -0.630.